The Kier molecular flexibility index (Phi) is 16.1. The zero-order chi connectivity index (χ0) is 45.0. The van der Waals surface area contributed by atoms with Gasteiger partial charge in [-0.2, -0.15) is 0 Å². The van der Waals surface area contributed by atoms with Gasteiger partial charge in [-0.25, -0.2) is 8.42 Å². The molecule has 0 bridgehead atoms. The van der Waals surface area contributed by atoms with Crippen molar-refractivity contribution in [2.24, 2.45) is 0 Å². The predicted octanol–water partition coefficient (Wildman–Crippen LogP) is 7.15. The van der Waals surface area contributed by atoms with E-state index in [1.807, 2.05) is 0 Å². The lowest BCUT2D eigenvalue weighted by Crippen LogP contribution is -2.26. The third kappa shape index (κ3) is 10.9. The van der Waals surface area contributed by atoms with E-state index in [1.54, 1.807) is 48.6 Å². The number of aliphatic carboxylic acids is 2. The number of rotatable bonds is 22. The summed E-state index contributed by atoms with van der Waals surface area (Å²) in [6.07, 6.45) is 6.06. The van der Waals surface area contributed by atoms with Gasteiger partial charge in [-0.1, -0.05) is 24.3 Å². The summed E-state index contributed by atoms with van der Waals surface area (Å²) in [5.41, 5.74) is 1.70. The van der Waals surface area contributed by atoms with E-state index in [9.17, 15) is 19.8 Å². The average Bonchev–Trinajstić information content (AvgIpc) is 3.25. The minimum atomic E-state index is -4.53. The van der Waals surface area contributed by atoms with E-state index in [0.29, 0.717) is 45.6 Å². The van der Waals surface area contributed by atoms with Gasteiger partial charge in [-0.15, -0.1) is 0 Å². The molecule has 0 aromatic heterocycles. The topological polar surface area (TPSA) is 207 Å². The molecule has 16 nitrogen and oxygen atoms in total. The SMILES string of the molecule is COc1cc(OC)c(/C=C/C(c2ccc(OC)c(NC(C)C(=O)O)c2)S(=O)(=O)C(/C=C/c2c(OC)cc(OC)cc2OC)c2ccc(OC)c(NC(C)C(=O)O)c2)c(OC)c1. The smallest absolute Gasteiger partial charge is 0.325 e. The lowest BCUT2D eigenvalue weighted by atomic mass is 10.1. The fourth-order valence-corrected chi connectivity index (χ4v) is 8.32. The number of nitrogens with one attached hydrogen (secondary N) is 2. The molecule has 0 aliphatic heterocycles. The molecule has 0 aliphatic carbocycles. The number of anilines is 2. The molecule has 61 heavy (non-hydrogen) atoms. The van der Waals surface area contributed by atoms with Crippen molar-refractivity contribution in [1.82, 2.24) is 0 Å². The number of carbonyl (C=O) groups is 2. The van der Waals surface area contributed by atoms with E-state index in [2.05, 4.69) is 10.6 Å². The van der Waals surface area contributed by atoms with Gasteiger partial charge in [0.2, 0.25) is 0 Å². The first kappa shape index (κ1) is 46.9. The molecule has 328 valence electrons. The Morgan fingerprint density at radius 2 is 0.820 bits per heavy atom. The highest BCUT2D eigenvalue weighted by Gasteiger charge is 2.35. The molecule has 4 atom stereocenters. The van der Waals surface area contributed by atoms with E-state index < -0.39 is 44.4 Å². The minimum absolute atomic E-state index is 0.224. The maximum Gasteiger partial charge on any atom is 0.325 e. The van der Waals surface area contributed by atoms with Gasteiger partial charge in [-0.05, 0) is 61.4 Å². The standard InChI is InChI=1S/C44H52N2O14S/c1-25(43(47)48)45-33-19-27(11-15-35(33)55-5)41(17-13-31-37(57-7)21-29(53-3)22-38(31)58-8)61(51,52)42(18-14-32-39(59-9)23-30(54-4)24-40(32)60-10)28-12-16-36(56-6)34(20-28)46-26(2)44(49)50/h11-26,41-42,45-46H,1-10H3,(H,47,48)(H,49,50)/b17-13+,18-14+. The summed E-state index contributed by atoms with van der Waals surface area (Å²) in [6, 6.07) is 13.6. The van der Waals surface area contributed by atoms with Gasteiger partial charge in [0.05, 0.1) is 79.4 Å². The van der Waals surface area contributed by atoms with Crippen molar-refractivity contribution < 1.29 is 66.1 Å². The maximum absolute atomic E-state index is 15.7. The zero-order valence-corrected chi connectivity index (χ0v) is 36.4. The molecular formula is C44H52N2O14S. The molecule has 4 aromatic carbocycles. The van der Waals surface area contributed by atoms with Crippen LogP contribution in [0.3, 0.4) is 0 Å². The number of sulfone groups is 1. The first-order valence-corrected chi connectivity index (χ1v) is 20.3. The number of carboxylic acid groups (broad SMARTS) is 2. The molecule has 0 heterocycles. The Balaban J connectivity index is 2.11. The summed E-state index contributed by atoms with van der Waals surface area (Å²) in [5.74, 6) is 0.404. The Bertz CT molecular complexity index is 2160. The second-order valence-electron chi connectivity index (χ2n) is 13.4. The van der Waals surface area contributed by atoms with Crippen molar-refractivity contribution in [3.8, 4) is 46.0 Å². The van der Waals surface area contributed by atoms with Crippen LogP contribution in [0.25, 0.3) is 12.2 Å². The van der Waals surface area contributed by atoms with Crippen LogP contribution < -0.4 is 48.5 Å². The van der Waals surface area contributed by atoms with Crippen LogP contribution >= 0.6 is 0 Å². The maximum atomic E-state index is 15.7. The number of methoxy groups -OCH3 is 8. The van der Waals surface area contributed by atoms with Crippen LogP contribution in [0.1, 0.15) is 46.6 Å². The van der Waals surface area contributed by atoms with Gasteiger partial charge < -0.3 is 58.7 Å². The summed E-state index contributed by atoms with van der Waals surface area (Å²) in [7, 11) is 7.07. The number of benzene rings is 4. The molecule has 0 saturated carbocycles. The number of ether oxygens (including phenoxy) is 8. The van der Waals surface area contributed by atoms with Crippen LogP contribution in [-0.4, -0.2) is 99.5 Å². The Hall–Kier alpha value is -6.75. The molecule has 0 saturated heterocycles. The lowest BCUT2D eigenvalue weighted by molar-refractivity contribution is -0.138. The summed E-state index contributed by atoms with van der Waals surface area (Å²) in [6.45, 7) is 2.88. The summed E-state index contributed by atoms with van der Waals surface area (Å²) in [5, 5.41) is 22.3. The van der Waals surface area contributed by atoms with Crippen LogP contribution in [0.4, 0.5) is 11.4 Å². The molecule has 0 spiro atoms. The van der Waals surface area contributed by atoms with E-state index in [1.165, 1.54) is 107 Å². The highest BCUT2D eigenvalue weighted by Crippen LogP contribution is 2.44. The van der Waals surface area contributed by atoms with Crippen molar-refractivity contribution in [3.63, 3.8) is 0 Å². The summed E-state index contributed by atoms with van der Waals surface area (Å²) in [4.78, 5) is 23.8. The molecule has 4 unspecified atom stereocenters. The fourth-order valence-electron chi connectivity index (χ4n) is 6.36. The van der Waals surface area contributed by atoms with Crippen LogP contribution in [0, 0.1) is 0 Å². The van der Waals surface area contributed by atoms with E-state index >= 15 is 8.42 Å². The van der Waals surface area contributed by atoms with E-state index in [0.717, 1.165) is 0 Å². The monoisotopic (exact) mass is 864 g/mol. The minimum Gasteiger partial charge on any atom is -0.496 e. The molecule has 4 rings (SSSR count). The highest BCUT2D eigenvalue weighted by atomic mass is 32.2. The van der Waals surface area contributed by atoms with Crippen LogP contribution in [-0.2, 0) is 19.4 Å². The summed E-state index contributed by atoms with van der Waals surface area (Å²) >= 11 is 0. The van der Waals surface area contributed by atoms with Gasteiger partial charge in [0.25, 0.3) is 0 Å². The average molecular weight is 865 g/mol. The van der Waals surface area contributed by atoms with Gasteiger partial charge in [0.1, 0.15) is 68.6 Å². The predicted molar refractivity (Wildman–Crippen MR) is 232 cm³/mol. The first-order valence-electron chi connectivity index (χ1n) is 18.6. The molecule has 0 fully saturated rings. The Morgan fingerprint density at radius 1 is 0.508 bits per heavy atom. The second kappa shape index (κ2) is 21.0. The quantitative estimate of drug-likeness (QED) is 0.0619. The number of carboxylic acids is 2. The van der Waals surface area contributed by atoms with Crippen LogP contribution in [0.2, 0.25) is 0 Å². The van der Waals surface area contributed by atoms with Crippen molar-refractivity contribution in [3.05, 3.63) is 95.1 Å². The first-order chi connectivity index (χ1) is 29.1. The van der Waals surface area contributed by atoms with E-state index in [-0.39, 0.29) is 34.0 Å². The van der Waals surface area contributed by atoms with Crippen molar-refractivity contribution in [2.75, 3.05) is 67.5 Å². The van der Waals surface area contributed by atoms with Gasteiger partial charge in [0, 0.05) is 24.3 Å². The third-order valence-corrected chi connectivity index (χ3v) is 12.0. The molecule has 0 radical (unpaired) electrons. The van der Waals surface area contributed by atoms with Crippen molar-refractivity contribution >= 4 is 45.3 Å². The van der Waals surface area contributed by atoms with Crippen LogP contribution in [0.5, 0.6) is 46.0 Å². The molecule has 0 amide bonds. The van der Waals surface area contributed by atoms with E-state index in [4.69, 9.17) is 37.9 Å². The molecule has 4 aromatic rings. The van der Waals surface area contributed by atoms with Gasteiger partial charge in [-0.3, -0.25) is 9.59 Å². The normalized spacial score (nSPS) is 13.4. The second-order valence-corrected chi connectivity index (χ2v) is 15.6. The van der Waals surface area contributed by atoms with Gasteiger partial charge >= 0.3 is 11.9 Å². The molecular weight excluding hydrogens is 813 g/mol. The lowest BCUT2D eigenvalue weighted by Gasteiger charge is -2.24. The Morgan fingerprint density at radius 3 is 1.08 bits per heavy atom. The van der Waals surface area contributed by atoms with Crippen molar-refractivity contribution in [2.45, 2.75) is 36.4 Å². The number of hydrogen-bond acceptors (Lipinski definition) is 14. The Labute approximate surface area is 355 Å². The fraction of sp³-hybridized carbons (Fsp3) is 0.318. The van der Waals surface area contributed by atoms with Crippen LogP contribution in [0.15, 0.2) is 72.8 Å². The third-order valence-electron chi connectivity index (χ3n) is 9.68. The number of hydrogen-bond donors (Lipinski definition) is 4. The zero-order valence-electron chi connectivity index (χ0n) is 35.6. The van der Waals surface area contributed by atoms with Crippen molar-refractivity contribution in [1.29, 1.82) is 0 Å². The molecule has 0 aliphatic rings. The highest BCUT2D eigenvalue weighted by molar-refractivity contribution is 7.92. The molecule has 4 N–H and O–H groups in total. The summed E-state index contributed by atoms with van der Waals surface area (Å²) < 4.78 is 76.0. The largest absolute Gasteiger partial charge is 0.496 e. The van der Waals surface area contributed by atoms with Gasteiger partial charge in [0.15, 0.2) is 9.84 Å². The molecule has 17 heteroatoms.